The summed E-state index contributed by atoms with van der Waals surface area (Å²) < 4.78 is 26.2. The highest BCUT2D eigenvalue weighted by Crippen LogP contribution is 2.25. The first-order chi connectivity index (χ1) is 9.44. The van der Waals surface area contributed by atoms with Gasteiger partial charge in [-0.2, -0.15) is 4.31 Å². The zero-order valence-electron chi connectivity index (χ0n) is 11.4. The van der Waals surface area contributed by atoms with E-state index >= 15 is 0 Å². The van der Waals surface area contributed by atoms with Crippen LogP contribution in [0.1, 0.15) is 12.8 Å². The smallest absolute Gasteiger partial charge is 0.308 e. The Hall–Kier alpha value is -1.29. The van der Waals surface area contributed by atoms with Crippen molar-refractivity contribution in [1.82, 2.24) is 14.6 Å². The number of halogens is 1. The lowest BCUT2D eigenvalue weighted by molar-refractivity contribution is -0.388. The van der Waals surface area contributed by atoms with E-state index in [-0.39, 0.29) is 18.4 Å². The molecule has 8 nitrogen and oxygen atoms in total. The Labute approximate surface area is 129 Å². The van der Waals surface area contributed by atoms with Crippen molar-refractivity contribution in [2.45, 2.75) is 23.9 Å². The lowest BCUT2D eigenvalue weighted by Crippen LogP contribution is -2.46. The van der Waals surface area contributed by atoms with Crippen molar-refractivity contribution in [2.75, 3.05) is 20.1 Å². The zero-order chi connectivity index (χ0) is 14.8. The first-order valence-electron chi connectivity index (χ1n) is 6.22. The van der Waals surface area contributed by atoms with E-state index < -0.39 is 25.7 Å². The third-order valence-electron chi connectivity index (χ3n) is 3.36. The molecule has 0 aromatic carbocycles. The third kappa shape index (κ3) is 3.67. The minimum Gasteiger partial charge on any atom is -0.315 e. The number of nitrogens with one attached hydrogen (secondary N) is 1. The van der Waals surface area contributed by atoms with Crippen LogP contribution in [-0.4, -0.2) is 48.8 Å². The van der Waals surface area contributed by atoms with Gasteiger partial charge in [0.15, 0.2) is 0 Å². The summed E-state index contributed by atoms with van der Waals surface area (Å²) in [5.41, 5.74) is -0.497. The molecule has 10 heteroatoms. The zero-order valence-corrected chi connectivity index (χ0v) is 13.1. The Morgan fingerprint density at radius 3 is 2.81 bits per heavy atom. The average Bonchev–Trinajstić information content (AvgIpc) is 2.47. The second kappa shape index (κ2) is 7.12. The predicted octanol–water partition coefficient (Wildman–Crippen LogP) is 0.784. The molecule has 0 aliphatic carbocycles. The van der Waals surface area contributed by atoms with Gasteiger partial charge in [0, 0.05) is 31.9 Å². The van der Waals surface area contributed by atoms with E-state index in [0.29, 0.717) is 6.54 Å². The van der Waals surface area contributed by atoms with E-state index in [1.807, 2.05) is 0 Å². The van der Waals surface area contributed by atoms with Gasteiger partial charge in [0.05, 0.1) is 4.92 Å². The maximum atomic E-state index is 12.5. The number of hydrogen-bond acceptors (Lipinski definition) is 6. The Morgan fingerprint density at radius 2 is 2.24 bits per heavy atom. The summed E-state index contributed by atoms with van der Waals surface area (Å²) in [5.74, 6) is 0. The van der Waals surface area contributed by atoms with E-state index in [1.54, 1.807) is 0 Å². The molecule has 1 unspecified atom stereocenters. The van der Waals surface area contributed by atoms with Crippen LogP contribution in [0, 0.1) is 10.1 Å². The first kappa shape index (κ1) is 17.8. The lowest BCUT2D eigenvalue weighted by Gasteiger charge is -2.30. The molecule has 2 rings (SSSR count). The number of pyridine rings is 1. The van der Waals surface area contributed by atoms with Crippen molar-refractivity contribution in [3.05, 3.63) is 28.4 Å². The van der Waals surface area contributed by atoms with Gasteiger partial charge in [0.2, 0.25) is 5.03 Å². The van der Waals surface area contributed by atoms with Gasteiger partial charge in [0.1, 0.15) is 0 Å². The summed E-state index contributed by atoms with van der Waals surface area (Å²) in [7, 11) is -2.54. The summed E-state index contributed by atoms with van der Waals surface area (Å²) >= 11 is 0. The summed E-state index contributed by atoms with van der Waals surface area (Å²) in [6.45, 7) is 1.39. The minimum atomic E-state index is -3.97. The molecule has 0 radical (unpaired) electrons. The van der Waals surface area contributed by atoms with Crippen LogP contribution in [0.25, 0.3) is 0 Å². The molecule has 0 bridgehead atoms. The molecular weight excluding hydrogens is 320 g/mol. The van der Waals surface area contributed by atoms with Crippen molar-refractivity contribution in [2.24, 2.45) is 0 Å². The normalized spacial score (nSPS) is 19.0. The number of nitrogens with zero attached hydrogens (tertiary/aromatic N) is 3. The summed E-state index contributed by atoms with van der Waals surface area (Å²) in [6, 6.07) is 2.28. The van der Waals surface area contributed by atoms with Crippen LogP contribution in [0.15, 0.2) is 23.4 Å². The van der Waals surface area contributed by atoms with Crippen LogP contribution >= 0.6 is 12.4 Å². The molecule has 1 aromatic rings. The number of aromatic nitrogens is 1. The van der Waals surface area contributed by atoms with Gasteiger partial charge in [-0.1, -0.05) is 0 Å². The molecule has 1 aromatic heterocycles. The van der Waals surface area contributed by atoms with E-state index in [4.69, 9.17) is 0 Å². The second-order valence-corrected chi connectivity index (χ2v) is 6.52. The fraction of sp³-hybridized carbons (Fsp3) is 0.545. The largest absolute Gasteiger partial charge is 0.315 e. The van der Waals surface area contributed by atoms with Gasteiger partial charge in [-0.3, -0.25) is 10.1 Å². The molecule has 118 valence electrons. The number of rotatable bonds is 4. The van der Waals surface area contributed by atoms with Crippen molar-refractivity contribution < 1.29 is 13.3 Å². The van der Waals surface area contributed by atoms with Gasteiger partial charge in [-0.25, -0.2) is 13.4 Å². The van der Waals surface area contributed by atoms with Crippen molar-refractivity contribution >= 4 is 28.1 Å². The Balaban J connectivity index is 0.00000220. The standard InChI is InChI=1S/C11H16N4O4S.ClH/c1-14(9-4-2-6-12-8-9)20(18,19)11-10(15(16)17)5-3-7-13-11;/h3,5,7,9,12H,2,4,6,8H2,1H3;1H. The third-order valence-corrected chi connectivity index (χ3v) is 5.22. The predicted molar refractivity (Wildman–Crippen MR) is 79.0 cm³/mol. The lowest BCUT2D eigenvalue weighted by atomic mass is 10.1. The first-order valence-corrected chi connectivity index (χ1v) is 7.67. The van der Waals surface area contributed by atoms with Crippen molar-refractivity contribution in [3.8, 4) is 0 Å². The van der Waals surface area contributed by atoms with E-state index in [2.05, 4.69) is 10.3 Å². The fourth-order valence-electron chi connectivity index (χ4n) is 2.20. The minimum absolute atomic E-state index is 0. The van der Waals surface area contributed by atoms with Gasteiger partial charge < -0.3 is 5.32 Å². The highest BCUT2D eigenvalue weighted by Gasteiger charge is 2.35. The highest BCUT2D eigenvalue weighted by atomic mass is 35.5. The molecule has 21 heavy (non-hydrogen) atoms. The van der Waals surface area contributed by atoms with Gasteiger partial charge >= 0.3 is 5.69 Å². The highest BCUT2D eigenvalue weighted by molar-refractivity contribution is 7.89. The molecule has 0 spiro atoms. The number of nitro groups is 1. The Kier molecular flexibility index (Phi) is 6.02. The quantitative estimate of drug-likeness (QED) is 0.643. The number of piperidine rings is 1. The number of likely N-dealkylation sites (N-methyl/N-ethyl adjacent to an activating group) is 1. The van der Waals surface area contributed by atoms with Gasteiger partial charge in [0.25, 0.3) is 10.0 Å². The Bertz CT molecular complexity index is 604. The molecule has 0 amide bonds. The van der Waals surface area contributed by atoms with Crippen LogP contribution in [-0.2, 0) is 10.0 Å². The molecule has 1 aliphatic rings. The van der Waals surface area contributed by atoms with Crippen LogP contribution in [0.4, 0.5) is 5.69 Å². The maximum absolute atomic E-state index is 12.5. The molecule has 1 fully saturated rings. The molecule has 1 aliphatic heterocycles. The van der Waals surface area contributed by atoms with Crippen LogP contribution < -0.4 is 5.32 Å². The molecule has 1 N–H and O–H groups in total. The molecule has 0 saturated carbocycles. The van der Waals surface area contributed by atoms with Crippen molar-refractivity contribution in [1.29, 1.82) is 0 Å². The fourth-order valence-corrected chi connectivity index (χ4v) is 3.64. The molecule has 1 atom stereocenters. The monoisotopic (exact) mass is 336 g/mol. The number of hydrogen-bond donors (Lipinski definition) is 1. The van der Waals surface area contributed by atoms with Gasteiger partial charge in [-0.05, 0) is 25.5 Å². The van der Waals surface area contributed by atoms with E-state index in [0.717, 1.165) is 25.5 Å². The molecular formula is C11H17ClN4O4S. The number of sulfonamides is 1. The van der Waals surface area contributed by atoms with E-state index in [9.17, 15) is 18.5 Å². The van der Waals surface area contributed by atoms with Gasteiger partial charge in [-0.15, -0.1) is 12.4 Å². The van der Waals surface area contributed by atoms with E-state index in [1.165, 1.54) is 23.6 Å². The SMILES string of the molecule is CN(C1CCCNC1)S(=O)(=O)c1ncccc1[N+](=O)[O-].Cl. The van der Waals surface area contributed by atoms with Crippen LogP contribution in [0.3, 0.4) is 0 Å². The maximum Gasteiger partial charge on any atom is 0.308 e. The molecule has 2 heterocycles. The Morgan fingerprint density at radius 1 is 1.52 bits per heavy atom. The van der Waals surface area contributed by atoms with Crippen molar-refractivity contribution in [3.63, 3.8) is 0 Å². The molecule has 1 saturated heterocycles. The summed E-state index contributed by atoms with van der Waals surface area (Å²) in [4.78, 5) is 13.9. The topological polar surface area (TPSA) is 105 Å². The second-order valence-electron chi connectivity index (χ2n) is 4.61. The van der Waals surface area contributed by atoms with Crippen LogP contribution in [0.5, 0.6) is 0 Å². The summed E-state index contributed by atoms with van der Waals surface area (Å²) in [5, 5.41) is 13.6. The summed E-state index contributed by atoms with van der Waals surface area (Å²) in [6.07, 6.45) is 2.84. The average molecular weight is 337 g/mol. The van der Waals surface area contributed by atoms with Crippen LogP contribution in [0.2, 0.25) is 0 Å².